The van der Waals surface area contributed by atoms with Crippen LogP contribution < -0.4 is 5.32 Å². The van der Waals surface area contributed by atoms with E-state index in [4.69, 9.17) is 4.74 Å². The highest BCUT2D eigenvalue weighted by atomic mass is 16.5. The third-order valence-electron chi connectivity index (χ3n) is 3.32. The molecule has 98 valence electrons. The molecular weight excluding hydrogens is 226 g/mol. The van der Waals surface area contributed by atoms with Gasteiger partial charge in [0.15, 0.2) is 0 Å². The fourth-order valence-electron chi connectivity index (χ4n) is 2.20. The van der Waals surface area contributed by atoms with Gasteiger partial charge in [-0.15, -0.1) is 0 Å². The number of hydrogen-bond donors (Lipinski definition) is 1. The molecule has 0 heterocycles. The second-order valence-electron chi connectivity index (χ2n) is 4.87. The number of carbonyl (C=O) groups is 1. The topological polar surface area (TPSA) is 38.3 Å². The number of carbonyl (C=O) groups excluding carboxylic acids is 1. The van der Waals surface area contributed by atoms with Gasteiger partial charge >= 0.3 is 5.97 Å². The van der Waals surface area contributed by atoms with Crippen LogP contribution in [-0.4, -0.2) is 18.6 Å². The molecule has 3 heteroatoms. The van der Waals surface area contributed by atoms with Crippen LogP contribution in [0.4, 0.5) is 0 Å². The summed E-state index contributed by atoms with van der Waals surface area (Å²) in [5, 5.41) is 3.41. The lowest BCUT2D eigenvalue weighted by Crippen LogP contribution is -2.38. The average molecular weight is 247 g/mol. The molecule has 3 nitrogen and oxygen atoms in total. The van der Waals surface area contributed by atoms with E-state index in [0.29, 0.717) is 12.5 Å². The van der Waals surface area contributed by atoms with E-state index < -0.39 is 0 Å². The van der Waals surface area contributed by atoms with Crippen molar-refractivity contribution >= 4 is 5.97 Å². The molecule has 1 aliphatic carbocycles. The standard InChI is InChI=1S/C15H21NO2/c1-3-18-15(17)11(2)16-14(13-9-10-13)12-7-5-4-6-8-12/h4-8,11,13-14,16H,3,9-10H2,1-2H3. The zero-order valence-electron chi connectivity index (χ0n) is 11.1. The summed E-state index contributed by atoms with van der Waals surface area (Å²) < 4.78 is 5.04. The molecule has 1 aromatic carbocycles. The fourth-order valence-corrected chi connectivity index (χ4v) is 2.20. The van der Waals surface area contributed by atoms with E-state index in [-0.39, 0.29) is 18.1 Å². The van der Waals surface area contributed by atoms with Gasteiger partial charge in [-0.2, -0.15) is 0 Å². The Labute approximate surface area is 109 Å². The molecule has 0 bridgehead atoms. The van der Waals surface area contributed by atoms with E-state index in [9.17, 15) is 4.79 Å². The summed E-state index contributed by atoms with van der Waals surface area (Å²) in [7, 11) is 0. The van der Waals surface area contributed by atoms with Crippen LogP contribution in [0.15, 0.2) is 30.3 Å². The Hall–Kier alpha value is -1.35. The first-order valence-corrected chi connectivity index (χ1v) is 6.70. The summed E-state index contributed by atoms with van der Waals surface area (Å²) in [6, 6.07) is 10.4. The molecular formula is C15H21NO2. The Morgan fingerprint density at radius 2 is 2.06 bits per heavy atom. The Balaban J connectivity index is 2.01. The molecule has 0 saturated heterocycles. The van der Waals surface area contributed by atoms with Gasteiger partial charge in [0.1, 0.15) is 6.04 Å². The highest BCUT2D eigenvalue weighted by Gasteiger charge is 2.34. The van der Waals surface area contributed by atoms with Gasteiger partial charge < -0.3 is 4.74 Å². The van der Waals surface area contributed by atoms with Gasteiger partial charge in [-0.05, 0) is 38.2 Å². The molecule has 1 aliphatic rings. The Kier molecular flexibility index (Phi) is 4.37. The monoisotopic (exact) mass is 247 g/mol. The SMILES string of the molecule is CCOC(=O)C(C)NC(c1ccccc1)C1CC1. The summed E-state index contributed by atoms with van der Waals surface area (Å²) in [4.78, 5) is 11.7. The van der Waals surface area contributed by atoms with Gasteiger partial charge in [0.25, 0.3) is 0 Å². The molecule has 2 unspecified atom stereocenters. The van der Waals surface area contributed by atoms with E-state index in [1.165, 1.54) is 18.4 Å². The van der Waals surface area contributed by atoms with E-state index in [2.05, 4.69) is 17.4 Å². The molecule has 2 atom stereocenters. The number of benzene rings is 1. The largest absolute Gasteiger partial charge is 0.465 e. The van der Waals surface area contributed by atoms with Crippen molar-refractivity contribution in [1.82, 2.24) is 5.32 Å². The van der Waals surface area contributed by atoms with Crippen LogP contribution in [0.25, 0.3) is 0 Å². The molecule has 0 spiro atoms. The van der Waals surface area contributed by atoms with Crippen LogP contribution in [0.5, 0.6) is 0 Å². The minimum atomic E-state index is -0.254. The minimum Gasteiger partial charge on any atom is -0.465 e. The average Bonchev–Trinajstić information content (AvgIpc) is 3.21. The van der Waals surface area contributed by atoms with Crippen molar-refractivity contribution in [2.75, 3.05) is 6.61 Å². The molecule has 1 saturated carbocycles. The summed E-state index contributed by atoms with van der Waals surface area (Å²) in [5.74, 6) is 0.489. The van der Waals surface area contributed by atoms with Crippen molar-refractivity contribution in [3.63, 3.8) is 0 Å². The van der Waals surface area contributed by atoms with Crippen molar-refractivity contribution < 1.29 is 9.53 Å². The zero-order valence-corrected chi connectivity index (χ0v) is 11.1. The molecule has 0 radical (unpaired) electrons. The lowest BCUT2D eigenvalue weighted by Gasteiger charge is -2.22. The second-order valence-corrected chi connectivity index (χ2v) is 4.87. The van der Waals surface area contributed by atoms with E-state index in [0.717, 1.165) is 0 Å². The highest BCUT2D eigenvalue weighted by molar-refractivity contribution is 5.75. The third kappa shape index (κ3) is 3.33. The maximum absolute atomic E-state index is 11.7. The maximum atomic E-state index is 11.7. The van der Waals surface area contributed by atoms with Crippen molar-refractivity contribution in [2.45, 2.75) is 38.8 Å². The van der Waals surface area contributed by atoms with Gasteiger partial charge in [0, 0.05) is 6.04 Å². The molecule has 1 N–H and O–H groups in total. The smallest absolute Gasteiger partial charge is 0.322 e. The van der Waals surface area contributed by atoms with Crippen LogP contribution in [0.1, 0.15) is 38.3 Å². The van der Waals surface area contributed by atoms with Gasteiger partial charge in [-0.1, -0.05) is 30.3 Å². The quantitative estimate of drug-likeness (QED) is 0.785. The van der Waals surface area contributed by atoms with E-state index in [1.54, 1.807) is 0 Å². The molecule has 0 aromatic heterocycles. The minimum absolute atomic E-state index is 0.168. The highest BCUT2D eigenvalue weighted by Crippen LogP contribution is 2.41. The lowest BCUT2D eigenvalue weighted by atomic mass is 10.0. The summed E-state index contributed by atoms with van der Waals surface area (Å²) in [5.41, 5.74) is 1.26. The van der Waals surface area contributed by atoms with Crippen LogP contribution in [0.2, 0.25) is 0 Å². The van der Waals surface area contributed by atoms with Crippen LogP contribution >= 0.6 is 0 Å². The van der Waals surface area contributed by atoms with Gasteiger partial charge in [-0.3, -0.25) is 10.1 Å². The first kappa shape index (κ1) is 13.1. The molecule has 1 fully saturated rings. The Morgan fingerprint density at radius 1 is 1.39 bits per heavy atom. The molecule has 1 aromatic rings. The third-order valence-corrected chi connectivity index (χ3v) is 3.32. The number of rotatable bonds is 6. The maximum Gasteiger partial charge on any atom is 0.322 e. The fraction of sp³-hybridized carbons (Fsp3) is 0.533. The predicted molar refractivity (Wildman–Crippen MR) is 71.1 cm³/mol. The lowest BCUT2D eigenvalue weighted by molar-refractivity contribution is -0.145. The van der Waals surface area contributed by atoms with Gasteiger partial charge in [0.05, 0.1) is 6.61 Å². The zero-order chi connectivity index (χ0) is 13.0. The van der Waals surface area contributed by atoms with Crippen molar-refractivity contribution in [3.05, 3.63) is 35.9 Å². The van der Waals surface area contributed by atoms with E-state index in [1.807, 2.05) is 32.0 Å². The van der Waals surface area contributed by atoms with Crippen LogP contribution in [-0.2, 0) is 9.53 Å². The Morgan fingerprint density at radius 3 is 2.61 bits per heavy atom. The number of hydrogen-bond acceptors (Lipinski definition) is 3. The number of ether oxygens (including phenoxy) is 1. The summed E-state index contributed by atoms with van der Waals surface area (Å²) in [6.07, 6.45) is 2.48. The van der Waals surface area contributed by atoms with Crippen LogP contribution in [0.3, 0.4) is 0 Å². The number of esters is 1. The predicted octanol–water partition coefficient (Wildman–Crippen LogP) is 2.68. The van der Waals surface area contributed by atoms with Crippen molar-refractivity contribution in [1.29, 1.82) is 0 Å². The van der Waals surface area contributed by atoms with Gasteiger partial charge in [0.2, 0.25) is 0 Å². The first-order chi connectivity index (χ1) is 8.72. The molecule has 2 rings (SSSR count). The van der Waals surface area contributed by atoms with Crippen LogP contribution in [0, 0.1) is 5.92 Å². The van der Waals surface area contributed by atoms with Crippen molar-refractivity contribution in [3.8, 4) is 0 Å². The molecule has 0 amide bonds. The van der Waals surface area contributed by atoms with E-state index >= 15 is 0 Å². The van der Waals surface area contributed by atoms with Gasteiger partial charge in [-0.25, -0.2) is 0 Å². The summed E-state index contributed by atoms with van der Waals surface area (Å²) in [6.45, 7) is 4.14. The second kappa shape index (κ2) is 6.01. The summed E-state index contributed by atoms with van der Waals surface area (Å²) >= 11 is 0. The Bertz CT molecular complexity index is 387. The molecule has 0 aliphatic heterocycles. The first-order valence-electron chi connectivity index (χ1n) is 6.70. The number of nitrogens with one attached hydrogen (secondary N) is 1. The molecule has 18 heavy (non-hydrogen) atoms. The normalized spacial score (nSPS) is 18.1. The van der Waals surface area contributed by atoms with Crippen molar-refractivity contribution in [2.24, 2.45) is 5.92 Å².